The Morgan fingerprint density at radius 3 is 1.64 bits per heavy atom. The van der Waals surface area contributed by atoms with Crippen molar-refractivity contribution >= 4 is 11.6 Å². The van der Waals surface area contributed by atoms with Crippen molar-refractivity contribution in [2.75, 3.05) is 0 Å². The molecule has 2 aromatic rings. The minimum atomic E-state index is 0.0886. The number of hydrogen-bond donors (Lipinski definition) is 0. The maximum absolute atomic E-state index is 5.99. The summed E-state index contributed by atoms with van der Waals surface area (Å²) in [6.45, 7) is 15.3. The van der Waals surface area contributed by atoms with Crippen LogP contribution in [0.4, 0.5) is 0 Å². The molecule has 0 aromatic carbocycles. The van der Waals surface area contributed by atoms with E-state index < -0.39 is 0 Å². The van der Waals surface area contributed by atoms with Gasteiger partial charge in [-0.25, -0.2) is 0 Å². The second-order valence-electron chi connectivity index (χ2n) is 7.90. The number of aromatic nitrogens is 3. The van der Waals surface area contributed by atoms with Crippen LogP contribution in [0.3, 0.4) is 0 Å². The second-order valence-corrected chi connectivity index (χ2v) is 8.26. The summed E-state index contributed by atoms with van der Waals surface area (Å²) in [6, 6.07) is 2.20. The molecule has 0 N–H and O–H groups in total. The maximum Gasteiger partial charge on any atom is 0.130 e. The molecule has 3 nitrogen and oxygen atoms in total. The van der Waals surface area contributed by atoms with Crippen LogP contribution in [-0.2, 0) is 24.9 Å². The van der Waals surface area contributed by atoms with Crippen LogP contribution in [0.2, 0.25) is 5.15 Å². The monoisotopic (exact) mass is 323 g/mol. The molecule has 0 atom stereocenters. The third-order valence-corrected chi connectivity index (χ3v) is 4.31. The molecular formula is C18H30ClN3. The van der Waals surface area contributed by atoms with Gasteiger partial charge >= 0.3 is 0 Å². The summed E-state index contributed by atoms with van der Waals surface area (Å²) < 4.78 is 3.85. The van der Waals surface area contributed by atoms with Gasteiger partial charge in [0.1, 0.15) is 5.15 Å². The van der Waals surface area contributed by atoms with E-state index in [0.29, 0.717) is 0 Å². The normalized spacial score (nSPS) is 12.1. The maximum atomic E-state index is 5.99. The predicted molar refractivity (Wildman–Crippen MR) is 95.8 cm³/mol. The van der Waals surface area contributed by atoms with E-state index >= 15 is 0 Å². The van der Waals surface area contributed by atoms with Crippen LogP contribution in [-0.4, -0.2) is 14.3 Å². The average Bonchev–Trinajstić information content (AvgIpc) is 2.84. The van der Waals surface area contributed by atoms with Crippen LogP contribution in [0, 0.1) is 6.92 Å². The molecule has 2 heterocycles. The second kappa shape index (κ2) is 6.49. The summed E-state index contributed by atoms with van der Waals surface area (Å²) in [6.07, 6.45) is 3.94. The Bertz CT molecular complexity index is 566. The number of halogens is 1. The lowest BCUT2D eigenvalue weighted by atomic mass is 9.87. The number of aryl methyl sites for hydroxylation is 2. The molecule has 0 saturated heterocycles. The van der Waals surface area contributed by atoms with Crippen molar-refractivity contribution in [1.29, 1.82) is 0 Å². The highest BCUT2D eigenvalue weighted by Crippen LogP contribution is 2.28. The van der Waals surface area contributed by atoms with Gasteiger partial charge in [-0.2, -0.15) is 5.10 Å². The minimum Gasteiger partial charge on any atom is -0.354 e. The van der Waals surface area contributed by atoms with E-state index in [0.717, 1.165) is 10.7 Å². The molecule has 0 bridgehead atoms. The van der Waals surface area contributed by atoms with Gasteiger partial charge in [-0.1, -0.05) is 53.1 Å². The van der Waals surface area contributed by atoms with Crippen LogP contribution >= 0.6 is 11.6 Å². The van der Waals surface area contributed by atoms with Crippen molar-refractivity contribution in [2.24, 2.45) is 14.1 Å². The first-order valence-corrected chi connectivity index (χ1v) is 8.04. The predicted octanol–water partition coefficient (Wildman–Crippen LogP) is 5.00. The molecule has 0 saturated carbocycles. The third-order valence-electron chi connectivity index (χ3n) is 3.87. The molecule has 124 valence electrons. The van der Waals surface area contributed by atoms with E-state index in [9.17, 15) is 0 Å². The quantitative estimate of drug-likeness (QED) is 0.668. The zero-order valence-electron chi connectivity index (χ0n) is 15.5. The molecule has 0 spiro atoms. The SMILES string of the molecule is Cc1c(C(C)(C)C)ccn1C.Cn1ncc(C(C)(C)C)c1Cl. The highest BCUT2D eigenvalue weighted by atomic mass is 35.5. The van der Waals surface area contributed by atoms with Crippen molar-refractivity contribution in [3.8, 4) is 0 Å². The first-order chi connectivity index (χ1) is 9.85. The third kappa shape index (κ3) is 4.39. The highest BCUT2D eigenvalue weighted by molar-refractivity contribution is 6.30. The standard InChI is InChI=1S/C10H17N.C8H13ClN2/c1-8-9(10(2,3)4)6-7-11(8)5;1-8(2,3)6-5-10-11(4)7(6)9/h6-7H,1-5H3;5H,1-4H3. The van der Waals surface area contributed by atoms with Crippen molar-refractivity contribution < 1.29 is 0 Å². The number of nitrogens with zero attached hydrogens (tertiary/aromatic N) is 3. The fraction of sp³-hybridized carbons (Fsp3) is 0.611. The fourth-order valence-electron chi connectivity index (χ4n) is 2.33. The van der Waals surface area contributed by atoms with E-state index in [1.165, 1.54) is 11.3 Å². The molecule has 22 heavy (non-hydrogen) atoms. The molecule has 0 radical (unpaired) electrons. The van der Waals surface area contributed by atoms with Crippen molar-refractivity contribution in [1.82, 2.24) is 14.3 Å². The summed E-state index contributed by atoms with van der Waals surface area (Å²) in [5.41, 5.74) is 4.29. The van der Waals surface area contributed by atoms with E-state index in [4.69, 9.17) is 11.6 Å². The van der Waals surface area contributed by atoms with Gasteiger partial charge in [0, 0.05) is 31.5 Å². The zero-order chi connectivity index (χ0) is 17.3. The van der Waals surface area contributed by atoms with Crippen LogP contribution < -0.4 is 0 Å². The van der Waals surface area contributed by atoms with Gasteiger partial charge in [0.2, 0.25) is 0 Å². The summed E-state index contributed by atoms with van der Waals surface area (Å²) in [5.74, 6) is 0. The van der Waals surface area contributed by atoms with Crippen LogP contribution in [0.15, 0.2) is 18.5 Å². The van der Waals surface area contributed by atoms with Gasteiger partial charge < -0.3 is 4.57 Å². The van der Waals surface area contributed by atoms with Crippen LogP contribution in [0.25, 0.3) is 0 Å². The van der Waals surface area contributed by atoms with Gasteiger partial charge in [0.25, 0.3) is 0 Å². The molecule has 0 aliphatic carbocycles. The largest absolute Gasteiger partial charge is 0.354 e. The fourth-order valence-corrected chi connectivity index (χ4v) is 2.70. The molecule has 4 heteroatoms. The van der Waals surface area contributed by atoms with Crippen molar-refractivity contribution in [3.05, 3.63) is 40.4 Å². The molecule has 0 amide bonds. The Kier molecular flexibility index (Phi) is 5.56. The molecule has 0 fully saturated rings. The minimum absolute atomic E-state index is 0.0886. The number of hydrogen-bond acceptors (Lipinski definition) is 1. The van der Waals surface area contributed by atoms with Crippen molar-refractivity contribution in [3.63, 3.8) is 0 Å². The van der Waals surface area contributed by atoms with Gasteiger partial charge in [0.05, 0.1) is 6.20 Å². The topological polar surface area (TPSA) is 22.8 Å². The Balaban J connectivity index is 0.000000220. The smallest absolute Gasteiger partial charge is 0.130 e. The van der Waals surface area contributed by atoms with E-state index in [1.54, 1.807) is 4.68 Å². The lowest BCUT2D eigenvalue weighted by Gasteiger charge is -2.18. The molecular weight excluding hydrogens is 294 g/mol. The Hall–Kier alpha value is -1.22. The Morgan fingerprint density at radius 2 is 1.45 bits per heavy atom. The Morgan fingerprint density at radius 1 is 0.955 bits per heavy atom. The first-order valence-electron chi connectivity index (χ1n) is 7.66. The van der Waals surface area contributed by atoms with Gasteiger partial charge in [-0.15, -0.1) is 0 Å². The molecule has 2 rings (SSSR count). The lowest BCUT2D eigenvalue weighted by molar-refractivity contribution is 0.583. The summed E-state index contributed by atoms with van der Waals surface area (Å²) in [7, 11) is 3.93. The zero-order valence-corrected chi connectivity index (χ0v) is 16.2. The van der Waals surface area contributed by atoms with E-state index in [-0.39, 0.29) is 10.8 Å². The van der Waals surface area contributed by atoms with Gasteiger partial charge in [0.15, 0.2) is 0 Å². The van der Waals surface area contributed by atoms with Gasteiger partial charge in [-0.05, 0) is 29.4 Å². The molecule has 0 aliphatic heterocycles. The lowest BCUT2D eigenvalue weighted by Crippen LogP contribution is -2.12. The van der Waals surface area contributed by atoms with Crippen molar-refractivity contribution in [2.45, 2.75) is 59.3 Å². The average molecular weight is 324 g/mol. The van der Waals surface area contributed by atoms with Gasteiger partial charge in [-0.3, -0.25) is 4.68 Å². The molecule has 0 unspecified atom stereocenters. The molecule has 0 aliphatic rings. The summed E-state index contributed by atoms with van der Waals surface area (Å²) in [5, 5.41) is 4.80. The summed E-state index contributed by atoms with van der Waals surface area (Å²) >= 11 is 5.99. The first kappa shape index (κ1) is 18.8. The van der Waals surface area contributed by atoms with Crippen LogP contribution in [0.1, 0.15) is 58.4 Å². The number of rotatable bonds is 0. The van der Waals surface area contributed by atoms with E-state index in [1.807, 2.05) is 13.2 Å². The van der Waals surface area contributed by atoms with Crippen LogP contribution in [0.5, 0.6) is 0 Å². The van der Waals surface area contributed by atoms with E-state index in [2.05, 4.69) is 77.4 Å². The molecule has 2 aromatic heterocycles. The summed E-state index contributed by atoms with van der Waals surface area (Å²) in [4.78, 5) is 0. The highest BCUT2D eigenvalue weighted by Gasteiger charge is 2.20. The Labute approximate surface area is 140 Å².